The number of aromatic nitrogens is 1. The first kappa shape index (κ1) is 14.8. The fourth-order valence-electron chi connectivity index (χ4n) is 3.25. The zero-order valence-electron chi connectivity index (χ0n) is 12.8. The maximum absolute atomic E-state index is 5.32. The maximum Gasteiger partial charge on any atom is 0.0727 e. The smallest absolute Gasteiger partial charge is 0.0727 e. The number of methoxy groups -OCH3 is 1. The van der Waals surface area contributed by atoms with Gasteiger partial charge in [-0.2, -0.15) is 0 Å². The van der Waals surface area contributed by atoms with Crippen LogP contribution in [0.4, 0.5) is 5.69 Å². The molecule has 4 heteroatoms. The van der Waals surface area contributed by atoms with Crippen LogP contribution < -0.4 is 4.90 Å². The molecule has 1 fully saturated rings. The fourth-order valence-corrected chi connectivity index (χ4v) is 3.61. The lowest BCUT2D eigenvalue weighted by molar-refractivity contribution is 0.161. The van der Waals surface area contributed by atoms with Gasteiger partial charge in [-0.15, -0.1) is 0 Å². The Morgan fingerprint density at radius 2 is 2.19 bits per heavy atom. The van der Waals surface area contributed by atoms with E-state index in [9.17, 15) is 0 Å². The molecular weight excluding hydrogens is 328 g/mol. The third-order valence-corrected chi connectivity index (χ3v) is 4.90. The van der Waals surface area contributed by atoms with Crippen LogP contribution in [0.3, 0.4) is 0 Å². The van der Waals surface area contributed by atoms with Gasteiger partial charge < -0.3 is 9.64 Å². The summed E-state index contributed by atoms with van der Waals surface area (Å²) in [6.07, 6.45) is 1.20. The molecule has 1 atom stereocenters. The van der Waals surface area contributed by atoms with Crippen LogP contribution in [0.5, 0.6) is 0 Å². The zero-order valence-corrected chi connectivity index (χ0v) is 14.4. The number of fused-ring (bicyclic) bond motifs is 1. The molecule has 0 bridgehead atoms. The van der Waals surface area contributed by atoms with E-state index in [1.165, 1.54) is 23.1 Å². The largest absolute Gasteiger partial charge is 0.384 e. The normalized spacial score (nSPS) is 18.7. The minimum Gasteiger partial charge on any atom is -0.384 e. The third-order valence-electron chi connectivity index (χ3n) is 4.40. The molecule has 1 saturated heterocycles. The first-order chi connectivity index (χ1) is 10.1. The molecular formula is C17H21BrN2O. The van der Waals surface area contributed by atoms with Crippen molar-refractivity contribution >= 4 is 32.5 Å². The van der Waals surface area contributed by atoms with Gasteiger partial charge in [-0.3, -0.25) is 4.98 Å². The number of anilines is 1. The molecule has 2 heterocycles. The molecule has 3 rings (SSSR count). The van der Waals surface area contributed by atoms with Crippen molar-refractivity contribution in [1.82, 2.24) is 4.98 Å². The number of aryl methyl sites for hydroxylation is 1. The van der Waals surface area contributed by atoms with Crippen LogP contribution >= 0.6 is 15.9 Å². The number of nitrogens with zero attached hydrogens (tertiary/aromatic N) is 2. The van der Waals surface area contributed by atoms with E-state index in [2.05, 4.69) is 52.9 Å². The summed E-state index contributed by atoms with van der Waals surface area (Å²) >= 11 is 3.59. The summed E-state index contributed by atoms with van der Waals surface area (Å²) < 4.78 is 6.43. The minimum atomic E-state index is 0.630. The second-order valence-corrected chi connectivity index (χ2v) is 6.80. The number of halogens is 1. The number of rotatable bonds is 3. The van der Waals surface area contributed by atoms with Crippen molar-refractivity contribution < 1.29 is 4.74 Å². The highest BCUT2D eigenvalue weighted by Crippen LogP contribution is 2.35. The van der Waals surface area contributed by atoms with Gasteiger partial charge >= 0.3 is 0 Å². The van der Waals surface area contributed by atoms with Gasteiger partial charge in [0.05, 0.1) is 17.8 Å². The third kappa shape index (κ3) is 2.79. The second-order valence-electron chi connectivity index (χ2n) is 5.89. The topological polar surface area (TPSA) is 25.4 Å². The highest BCUT2D eigenvalue weighted by atomic mass is 79.9. The molecule has 1 unspecified atom stereocenters. The van der Waals surface area contributed by atoms with E-state index in [4.69, 9.17) is 9.72 Å². The lowest BCUT2D eigenvalue weighted by atomic mass is 10.1. The second kappa shape index (κ2) is 5.93. The summed E-state index contributed by atoms with van der Waals surface area (Å²) in [4.78, 5) is 7.23. The van der Waals surface area contributed by atoms with Gasteiger partial charge in [-0.1, -0.05) is 15.9 Å². The quantitative estimate of drug-likeness (QED) is 0.835. The maximum atomic E-state index is 5.32. The summed E-state index contributed by atoms with van der Waals surface area (Å²) in [5.74, 6) is 0.630. The first-order valence-electron chi connectivity index (χ1n) is 7.40. The molecule has 21 heavy (non-hydrogen) atoms. The van der Waals surface area contributed by atoms with Gasteiger partial charge in [0.25, 0.3) is 0 Å². The van der Waals surface area contributed by atoms with Crippen molar-refractivity contribution in [3.05, 3.63) is 33.9 Å². The molecule has 1 aliphatic rings. The summed E-state index contributed by atoms with van der Waals surface area (Å²) in [5, 5.41) is 1.24. The summed E-state index contributed by atoms with van der Waals surface area (Å²) in [6, 6.07) is 6.34. The summed E-state index contributed by atoms with van der Waals surface area (Å²) in [7, 11) is 1.79. The average molecular weight is 349 g/mol. The Bertz CT molecular complexity index is 671. The Labute approximate surface area is 134 Å². The van der Waals surface area contributed by atoms with Gasteiger partial charge in [0, 0.05) is 41.7 Å². The first-order valence-corrected chi connectivity index (χ1v) is 8.19. The van der Waals surface area contributed by atoms with Crippen LogP contribution in [0.25, 0.3) is 10.9 Å². The minimum absolute atomic E-state index is 0.630. The average Bonchev–Trinajstić information content (AvgIpc) is 2.89. The van der Waals surface area contributed by atoms with Gasteiger partial charge in [-0.05, 0) is 44.0 Å². The van der Waals surface area contributed by atoms with Crippen LogP contribution in [0.2, 0.25) is 0 Å². The van der Waals surface area contributed by atoms with Gasteiger partial charge in [0.2, 0.25) is 0 Å². The van der Waals surface area contributed by atoms with Crippen molar-refractivity contribution in [3.8, 4) is 0 Å². The van der Waals surface area contributed by atoms with Crippen molar-refractivity contribution in [1.29, 1.82) is 0 Å². The van der Waals surface area contributed by atoms with Crippen molar-refractivity contribution in [3.63, 3.8) is 0 Å². The van der Waals surface area contributed by atoms with E-state index in [-0.39, 0.29) is 0 Å². The van der Waals surface area contributed by atoms with E-state index < -0.39 is 0 Å². The van der Waals surface area contributed by atoms with Crippen molar-refractivity contribution in [2.24, 2.45) is 5.92 Å². The Hall–Kier alpha value is -1.13. The van der Waals surface area contributed by atoms with E-state index in [1.807, 2.05) is 0 Å². The van der Waals surface area contributed by atoms with Crippen LogP contribution in [-0.4, -0.2) is 31.8 Å². The molecule has 0 aliphatic carbocycles. The molecule has 1 aliphatic heterocycles. The zero-order chi connectivity index (χ0) is 15.0. The highest BCUT2D eigenvalue weighted by molar-refractivity contribution is 9.10. The van der Waals surface area contributed by atoms with Crippen molar-refractivity contribution in [2.75, 3.05) is 31.7 Å². The summed E-state index contributed by atoms with van der Waals surface area (Å²) in [6.45, 7) is 7.30. The molecule has 2 aromatic rings. The van der Waals surface area contributed by atoms with Gasteiger partial charge in [0.1, 0.15) is 0 Å². The number of pyridine rings is 1. The molecule has 1 aromatic heterocycles. The van der Waals surface area contributed by atoms with E-state index in [0.29, 0.717) is 5.92 Å². The molecule has 0 amide bonds. The monoisotopic (exact) mass is 348 g/mol. The van der Waals surface area contributed by atoms with E-state index in [1.54, 1.807) is 7.11 Å². The van der Waals surface area contributed by atoms with Crippen LogP contribution in [0, 0.1) is 19.8 Å². The SMILES string of the molecule is COCC1CCN(c2c(C)c(C)nc3ccc(Br)cc23)C1. The molecule has 112 valence electrons. The van der Waals surface area contributed by atoms with Crippen LogP contribution in [0.15, 0.2) is 22.7 Å². The Morgan fingerprint density at radius 1 is 1.38 bits per heavy atom. The molecule has 0 saturated carbocycles. The summed E-state index contributed by atoms with van der Waals surface area (Å²) in [5.41, 5.74) is 4.83. The van der Waals surface area contributed by atoms with E-state index in [0.717, 1.165) is 35.4 Å². The number of ether oxygens (including phenoxy) is 1. The molecule has 3 nitrogen and oxygen atoms in total. The lowest BCUT2D eigenvalue weighted by Crippen LogP contribution is -2.22. The van der Waals surface area contributed by atoms with Crippen molar-refractivity contribution in [2.45, 2.75) is 20.3 Å². The van der Waals surface area contributed by atoms with Crippen LogP contribution in [-0.2, 0) is 4.74 Å². The Morgan fingerprint density at radius 3 is 2.95 bits per heavy atom. The lowest BCUT2D eigenvalue weighted by Gasteiger charge is -2.24. The molecule has 0 N–H and O–H groups in total. The number of hydrogen-bond donors (Lipinski definition) is 0. The Balaban J connectivity index is 2.08. The highest BCUT2D eigenvalue weighted by Gasteiger charge is 2.25. The number of benzene rings is 1. The number of hydrogen-bond acceptors (Lipinski definition) is 3. The van der Waals surface area contributed by atoms with Gasteiger partial charge in [0.15, 0.2) is 0 Å². The molecule has 0 spiro atoms. The predicted octanol–water partition coefficient (Wildman–Crippen LogP) is 4.09. The van der Waals surface area contributed by atoms with Crippen LogP contribution in [0.1, 0.15) is 17.7 Å². The molecule has 0 radical (unpaired) electrons. The standard InChI is InChI=1S/C17H21BrN2O/c1-11-12(2)19-16-5-4-14(18)8-15(16)17(11)20-7-6-13(9-20)10-21-3/h4-5,8,13H,6-7,9-10H2,1-3H3. The molecule has 1 aromatic carbocycles. The predicted molar refractivity (Wildman–Crippen MR) is 91.1 cm³/mol. The fraction of sp³-hybridized carbons (Fsp3) is 0.471. The van der Waals surface area contributed by atoms with Gasteiger partial charge in [-0.25, -0.2) is 0 Å². The van der Waals surface area contributed by atoms with E-state index >= 15 is 0 Å². The Kier molecular flexibility index (Phi) is 4.18.